The number of hydrogen-bond donors (Lipinski definition) is 0. The van der Waals surface area contributed by atoms with E-state index in [1.54, 1.807) is 7.11 Å². The molecule has 0 aromatic heterocycles. The summed E-state index contributed by atoms with van der Waals surface area (Å²) in [6, 6.07) is 0. The molecular formula is C18H39NO2. The first-order chi connectivity index (χ1) is 10.1. The molecule has 1 fully saturated rings. The quantitative estimate of drug-likeness (QED) is 0.708. The molecule has 0 aromatic carbocycles. The molecule has 0 saturated carbocycles. The summed E-state index contributed by atoms with van der Waals surface area (Å²) >= 11 is 0. The van der Waals surface area contributed by atoms with Gasteiger partial charge in [0, 0.05) is 33.2 Å². The van der Waals surface area contributed by atoms with Crippen molar-refractivity contribution in [3.8, 4) is 0 Å². The maximum Gasteiger partial charge on any atom is 0.222 e. The highest BCUT2D eigenvalue weighted by atomic mass is 16.5. The zero-order valence-electron chi connectivity index (χ0n) is 15.6. The second kappa shape index (κ2) is 15.8. The minimum atomic E-state index is 0.349. The number of nitrogens with zero attached hydrogens (tertiary/aromatic N) is 1. The van der Waals surface area contributed by atoms with Crippen LogP contribution in [-0.4, -0.2) is 37.6 Å². The van der Waals surface area contributed by atoms with Crippen LogP contribution in [0.25, 0.3) is 0 Å². The average Bonchev–Trinajstić information content (AvgIpc) is 2.52. The van der Waals surface area contributed by atoms with E-state index in [0.29, 0.717) is 17.7 Å². The van der Waals surface area contributed by atoms with Crippen molar-refractivity contribution in [2.24, 2.45) is 11.8 Å². The molecule has 1 amide bonds. The Labute approximate surface area is 133 Å². The molecule has 1 aliphatic heterocycles. The number of likely N-dealkylation sites (tertiary alicyclic amines) is 1. The Balaban J connectivity index is 0. The predicted molar refractivity (Wildman–Crippen MR) is 92.6 cm³/mol. The minimum absolute atomic E-state index is 0.349. The molecule has 3 heteroatoms. The fourth-order valence-corrected chi connectivity index (χ4v) is 2.40. The summed E-state index contributed by atoms with van der Waals surface area (Å²) in [6.45, 7) is 15.1. The predicted octanol–water partition coefficient (Wildman–Crippen LogP) is 4.75. The molecule has 0 spiro atoms. The highest BCUT2D eigenvalue weighted by Gasteiger charge is 2.22. The molecule has 0 N–H and O–H groups in total. The van der Waals surface area contributed by atoms with Gasteiger partial charge in [0.1, 0.15) is 0 Å². The molecule has 128 valence electrons. The number of carbonyl (C=O) groups excluding carboxylic acids is 1. The van der Waals surface area contributed by atoms with Crippen LogP contribution in [0.2, 0.25) is 0 Å². The van der Waals surface area contributed by atoms with Crippen LogP contribution in [0.1, 0.15) is 73.6 Å². The third-order valence-electron chi connectivity index (χ3n) is 3.54. The van der Waals surface area contributed by atoms with Crippen LogP contribution >= 0.6 is 0 Å². The van der Waals surface area contributed by atoms with Crippen molar-refractivity contribution in [3.63, 3.8) is 0 Å². The summed E-state index contributed by atoms with van der Waals surface area (Å²) in [5, 5.41) is 0. The van der Waals surface area contributed by atoms with Crippen molar-refractivity contribution in [2.45, 2.75) is 73.6 Å². The molecule has 1 heterocycles. The van der Waals surface area contributed by atoms with E-state index in [2.05, 4.69) is 13.8 Å². The first-order valence-electron chi connectivity index (χ1n) is 8.90. The van der Waals surface area contributed by atoms with Gasteiger partial charge in [-0.1, -0.05) is 48.0 Å². The Kier molecular flexibility index (Phi) is 17.1. The Morgan fingerprint density at radius 2 is 1.67 bits per heavy atom. The SMILES string of the molecule is CC.CC.COCC1CCN(C(=O)CCCC(C)C)CC1. The number of methoxy groups -OCH3 is 1. The molecule has 1 rings (SSSR count). The van der Waals surface area contributed by atoms with Gasteiger partial charge >= 0.3 is 0 Å². The highest BCUT2D eigenvalue weighted by Crippen LogP contribution is 2.18. The van der Waals surface area contributed by atoms with E-state index in [4.69, 9.17) is 4.74 Å². The zero-order valence-corrected chi connectivity index (χ0v) is 15.6. The van der Waals surface area contributed by atoms with Crippen molar-refractivity contribution in [3.05, 3.63) is 0 Å². The van der Waals surface area contributed by atoms with Gasteiger partial charge in [-0.05, 0) is 31.1 Å². The second-order valence-electron chi connectivity index (χ2n) is 5.57. The zero-order chi connectivity index (χ0) is 16.7. The third kappa shape index (κ3) is 11.7. The van der Waals surface area contributed by atoms with Gasteiger partial charge in [-0.15, -0.1) is 0 Å². The van der Waals surface area contributed by atoms with Gasteiger partial charge in [-0.2, -0.15) is 0 Å². The van der Waals surface area contributed by atoms with E-state index in [1.165, 1.54) is 0 Å². The lowest BCUT2D eigenvalue weighted by Gasteiger charge is -2.31. The molecule has 0 unspecified atom stereocenters. The van der Waals surface area contributed by atoms with E-state index in [1.807, 2.05) is 32.6 Å². The summed E-state index contributed by atoms with van der Waals surface area (Å²) in [7, 11) is 1.75. The second-order valence-corrected chi connectivity index (χ2v) is 5.57. The molecule has 0 atom stereocenters. The summed E-state index contributed by atoms with van der Waals surface area (Å²) < 4.78 is 5.16. The number of piperidine rings is 1. The lowest BCUT2D eigenvalue weighted by atomic mass is 9.97. The van der Waals surface area contributed by atoms with Gasteiger partial charge in [-0.25, -0.2) is 0 Å². The first-order valence-corrected chi connectivity index (χ1v) is 8.90. The van der Waals surface area contributed by atoms with E-state index in [-0.39, 0.29) is 0 Å². The minimum Gasteiger partial charge on any atom is -0.384 e. The van der Waals surface area contributed by atoms with Crippen molar-refractivity contribution < 1.29 is 9.53 Å². The van der Waals surface area contributed by atoms with Gasteiger partial charge in [0.15, 0.2) is 0 Å². The maximum atomic E-state index is 11.9. The first kappa shape index (κ1) is 22.7. The Morgan fingerprint density at radius 1 is 1.14 bits per heavy atom. The number of amides is 1. The van der Waals surface area contributed by atoms with Crippen LogP contribution in [0.4, 0.5) is 0 Å². The average molecular weight is 302 g/mol. The van der Waals surface area contributed by atoms with Gasteiger partial charge in [0.05, 0.1) is 0 Å². The summed E-state index contributed by atoms with van der Waals surface area (Å²) in [4.78, 5) is 14.0. The van der Waals surface area contributed by atoms with Crippen molar-refractivity contribution in [2.75, 3.05) is 26.8 Å². The molecule has 21 heavy (non-hydrogen) atoms. The molecular weight excluding hydrogens is 262 g/mol. The van der Waals surface area contributed by atoms with Crippen LogP contribution in [0, 0.1) is 11.8 Å². The molecule has 0 aliphatic carbocycles. The van der Waals surface area contributed by atoms with Crippen LogP contribution in [0.3, 0.4) is 0 Å². The molecule has 0 bridgehead atoms. The van der Waals surface area contributed by atoms with Gasteiger partial charge in [0.25, 0.3) is 0 Å². The largest absolute Gasteiger partial charge is 0.384 e. The molecule has 0 aromatic rings. The molecule has 1 aliphatic rings. The lowest BCUT2D eigenvalue weighted by Crippen LogP contribution is -2.39. The number of hydrogen-bond acceptors (Lipinski definition) is 2. The summed E-state index contributed by atoms with van der Waals surface area (Å²) in [6.07, 6.45) is 5.13. The molecule has 0 radical (unpaired) electrons. The smallest absolute Gasteiger partial charge is 0.222 e. The normalized spacial score (nSPS) is 15.0. The van der Waals surface area contributed by atoms with Crippen molar-refractivity contribution in [1.29, 1.82) is 0 Å². The van der Waals surface area contributed by atoms with Gasteiger partial charge in [0.2, 0.25) is 5.91 Å². The Bertz CT molecular complexity index is 221. The topological polar surface area (TPSA) is 29.5 Å². The van der Waals surface area contributed by atoms with Crippen LogP contribution in [0.15, 0.2) is 0 Å². The van der Waals surface area contributed by atoms with Crippen molar-refractivity contribution >= 4 is 5.91 Å². The number of carbonyl (C=O) groups is 1. The lowest BCUT2D eigenvalue weighted by molar-refractivity contribution is -0.133. The van der Waals surface area contributed by atoms with Crippen molar-refractivity contribution in [1.82, 2.24) is 4.90 Å². The third-order valence-corrected chi connectivity index (χ3v) is 3.54. The fraction of sp³-hybridized carbons (Fsp3) is 0.944. The van der Waals surface area contributed by atoms with Crippen LogP contribution in [-0.2, 0) is 9.53 Å². The Morgan fingerprint density at radius 3 is 2.10 bits per heavy atom. The maximum absolute atomic E-state index is 11.9. The van der Waals surface area contributed by atoms with E-state index in [0.717, 1.165) is 51.8 Å². The number of ether oxygens (including phenoxy) is 1. The molecule has 3 nitrogen and oxygen atoms in total. The summed E-state index contributed by atoms with van der Waals surface area (Å²) in [5.74, 6) is 1.71. The fourth-order valence-electron chi connectivity index (χ4n) is 2.40. The van der Waals surface area contributed by atoms with Gasteiger partial charge in [-0.3, -0.25) is 4.79 Å². The van der Waals surface area contributed by atoms with E-state index < -0.39 is 0 Å². The van der Waals surface area contributed by atoms with Crippen LogP contribution in [0.5, 0.6) is 0 Å². The highest BCUT2D eigenvalue weighted by molar-refractivity contribution is 5.76. The summed E-state index contributed by atoms with van der Waals surface area (Å²) in [5.41, 5.74) is 0. The standard InChI is InChI=1S/C14H27NO2.2C2H6/c1-12(2)5-4-6-14(16)15-9-7-13(8-10-15)11-17-3;2*1-2/h12-13H,4-11H2,1-3H3;2*1-2H3. The van der Waals surface area contributed by atoms with E-state index >= 15 is 0 Å². The van der Waals surface area contributed by atoms with Crippen LogP contribution < -0.4 is 0 Å². The monoisotopic (exact) mass is 301 g/mol. The number of rotatable bonds is 6. The Hall–Kier alpha value is -0.570. The van der Waals surface area contributed by atoms with E-state index in [9.17, 15) is 4.79 Å². The molecule has 1 saturated heterocycles. The van der Waals surface area contributed by atoms with Gasteiger partial charge < -0.3 is 9.64 Å².